The Balaban J connectivity index is 1.74. The molecule has 2 aromatic heterocycles. The van der Waals surface area contributed by atoms with Gasteiger partial charge < -0.3 is 15.7 Å². The van der Waals surface area contributed by atoms with Gasteiger partial charge in [-0.1, -0.05) is 18.5 Å². The van der Waals surface area contributed by atoms with Gasteiger partial charge in [-0.15, -0.1) is 0 Å². The van der Waals surface area contributed by atoms with Crippen LogP contribution >= 0.6 is 11.6 Å². The van der Waals surface area contributed by atoms with Crippen LogP contribution in [-0.2, 0) is 5.41 Å². The fourth-order valence-corrected chi connectivity index (χ4v) is 3.67. The maximum absolute atomic E-state index is 14.5. The number of carbonyl (C=O) groups is 1. The Morgan fingerprint density at radius 2 is 2.03 bits per heavy atom. The Labute approximate surface area is 190 Å². The summed E-state index contributed by atoms with van der Waals surface area (Å²) >= 11 is 6.08. The topological polar surface area (TPSA) is 87.1 Å². The normalized spacial score (nSPS) is 15.2. The fraction of sp³-hybridized carbons (Fsp3) is 0.292. The van der Waals surface area contributed by atoms with E-state index in [0.29, 0.717) is 27.5 Å². The third-order valence-corrected chi connectivity index (χ3v) is 5.89. The van der Waals surface area contributed by atoms with E-state index >= 15 is 0 Å². The molecule has 8 heteroatoms. The van der Waals surface area contributed by atoms with Gasteiger partial charge in [0.2, 0.25) is 0 Å². The Kier molecular flexibility index (Phi) is 6.13. The summed E-state index contributed by atoms with van der Waals surface area (Å²) in [6.07, 6.45) is 6.20. The number of aliphatic hydroxyl groups is 1. The quantitative estimate of drug-likeness (QED) is 0.475. The Morgan fingerprint density at radius 3 is 2.75 bits per heavy atom. The van der Waals surface area contributed by atoms with Crippen molar-refractivity contribution in [3.8, 4) is 11.3 Å². The largest absolute Gasteiger partial charge is 0.392 e. The van der Waals surface area contributed by atoms with E-state index < -0.39 is 11.9 Å². The summed E-state index contributed by atoms with van der Waals surface area (Å²) in [5.74, 6) is -0.767. The van der Waals surface area contributed by atoms with Gasteiger partial charge in [-0.2, -0.15) is 0 Å². The lowest BCUT2D eigenvalue weighted by Gasteiger charge is -2.19. The molecule has 1 atom stereocenters. The number of hydrogen-bond acceptors (Lipinski definition) is 5. The van der Waals surface area contributed by atoms with E-state index in [4.69, 9.17) is 11.6 Å². The lowest BCUT2D eigenvalue weighted by molar-refractivity contribution is 0.0924. The highest BCUT2D eigenvalue weighted by Crippen LogP contribution is 2.50. The van der Waals surface area contributed by atoms with Gasteiger partial charge in [-0.05, 0) is 61.1 Å². The SMILES string of the molecule is CC(O)CNC(=O)c1cnccc1Nc1cc(-c2cc(Cl)ccc2F)ncc1C1(C)CC1. The molecule has 1 amide bonds. The van der Waals surface area contributed by atoms with Crippen LogP contribution in [0.15, 0.2) is 48.9 Å². The van der Waals surface area contributed by atoms with Gasteiger partial charge in [0.1, 0.15) is 5.82 Å². The molecule has 2 heterocycles. The van der Waals surface area contributed by atoms with Crippen molar-refractivity contribution < 1.29 is 14.3 Å². The van der Waals surface area contributed by atoms with Crippen LogP contribution in [0.25, 0.3) is 11.3 Å². The zero-order valence-electron chi connectivity index (χ0n) is 17.8. The summed E-state index contributed by atoms with van der Waals surface area (Å²) in [7, 11) is 0. The number of carbonyl (C=O) groups excluding carboxylic acids is 1. The number of rotatable bonds is 7. The molecule has 3 N–H and O–H groups in total. The number of nitrogens with zero attached hydrogens (tertiary/aromatic N) is 2. The van der Waals surface area contributed by atoms with Gasteiger partial charge in [-0.3, -0.25) is 14.8 Å². The molecule has 6 nitrogen and oxygen atoms in total. The van der Waals surface area contributed by atoms with Crippen LogP contribution in [0.2, 0.25) is 5.02 Å². The molecule has 4 rings (SSSR count). The minimum Gasteiger partial charge on any atom is -0.392 e. The van der Waals surface area contributed by atoms with Crippen molar-refractivity contribution in [2.75, 3.05) is 11.9 Å². The van der Waals surface area contributed by atoms with Crippen LogP contribution in [-0.4, -0.2) is 33.6 Å². The molecule has 0 aliphatic heterocycles. The van der Waals surface area contributed by atoms with E-state index in [2.05, 4.69) is 27.5 Å². The van der Waals surface area contributed by atoms with E-state index in [-0.39, 0.29) is 17.9 Å². The summed E-state index contributed by atoms with van der Waals surface area (Å²) in [4.78, 5) is 21.2. The number of hydrogen-bond donors (Lipinski definition) is 3. The summed E-state index contributed by atoms with van der Waals surface area (Å²) in [5.41, 5.74) is 3.35. The molecule has 0 spiro atoms. The number of pyridine rings is 2. The lowest BCUT2D eigenvalue weighted by atomic mass is 9.96. The first-order valence-corrected chi connectivity index (χ1v) is 10.8. The highest BCUT2D eigenvalue weighted by Gasteiger charge is 2.41. The molecule has 1 aliphatic carbocycles. The molecule has 0 bridgehead atoms. The Hall–Kier alpha value is -3.03. The van der Waals surface area contributed by atoms with Gasteiger partial charge in [-0.25, -0.2) is 4.39 Å². The van der Waals surface area contributed by atoms with Crippen molar-refractivity contribution in [3.05, 3.63) is 70.9 Å². The molecule has 1 unspecified atom stereocenters. The first-order chi connectivity index (χ1) is 15.3. The molecule has 3 aromatic rings. The second-order valence-corrected chi connectivity index (χ2v) is 8.84. The summed E-state index contributed by atoms with van der Waals surface area (Å²) in [5, 5.41) is 15.9. The zero-order chi connectivity index (χ0) is 22.9. The minimum absolute atomic E-state index is 0.0253. The average Bonchev–Trinajstić information content (AvgIpc) is 3.52. The van der Waals surface area contributed by atoms with Gasteiger partial charge in [0.15, 0.2) is 0 Å². The number of amides is 1. The molecule has 166 valence electrons. The van der Waals surface area contributed by atoms with Crippen LogP contribution in [0.3, 0.4) is 0 Å². The maximum atomic E-state index is 14.5. The zero-order valence-corrected chi connectivity index (χ0v) is 18.6. The van der Waals surface area contributed by atoms with Crippen LogP contribution in [0.5, 0.6) is 0 Å². The smallest absolute Gasteiger partial charge is 0.255 e. The number of halogens is 2. The molecule has 1 saturated carbocycles. The second kappa shape index (κ2) is 8.84. The monoisotopic (exact) mass is 454 g/mol. The highest BCUT2D eigenvalue weighted by atomic mass is 35.5. The molecule has 0 radical (unpaired) electrons. The van der Waals surface area contributed by atoms with Crippen molar-refractivity contribution in [2.45, 2.75) is 38.2 Å². The fourth-order valence-electron chi connectivity index (χ4n) is 3.50. The Bertz CT molecular complexity index is 1160. The average molecular weight is 455 g/mol. The van der Waals surface area contributed by atoms with Crippen LogP contribution in [0, 0.1) is 5.82 Å². The predicted molar refractivity (Wildman–Crippen MR) is 123 cm³/mol. The number of aliphatic hydroxyl groups excluding tert-OH is 1. The molecule has 1 fully saturated rings. The Morgan fingerprint density at radius 1 is 1.25 bits per heavy atom. The molecule has 1 aliphatic rings. The van der Waals surface area contributed by atoms with Crippen molar-refractivity contribution in [2.24, 2.45) is 0 Å². The van der Waals surface area contributed by atoms with E-state index in [9.17, 15) is 14.3 Å². The third-order valence-electron chi connectivity index (χ3n) is 5.65. The molecular formula is C24H24ClFN4O2. The van der Waals surface area contributed by atoms with Crippen LogP contribution in [0.1, 0.15) is 42.6 Å². The predicted octanol–water partition coefficient (Wildman–Crippen LogP) is 4.84. The molecule has 32 heavy (non-hydrogen) atoms. The summed E-state index contributed by atoms with van der Waals surface area (Å²) in [6, 6.07) is 7.84. The number of benzene rings is 1. The number of anilines is 2. The number of aromatic nitrogens is 2. The van der Waals surface area contributed by atoms with E-state index in [0.717, 1.165) is 24.1 Å². The molecular weight excluding hydrogens is 431 g/mol. The van der Waals surface area contributed by atoms with E-state index in [1.54, 1.807) is 37.5 Å². The lowest BCUT2D eigenvalue weighted by Crippen LogP contribution is -2.31. The second-order valence-electron chi connectivity index (χ2n) is 8.41. The summed E-state index contributed by atoms with van der Waals surface area (Å²) in [6.45, 7) is 3.88. The van der Waals surface area contributed by atoms with Gasteiger partial charge in [0.25, 0.3) is 5.91 Å². The van der Waals surface area contributed by atoms with Gasteiger partial charge in [0.05, 0.1) is 23.0 Å². The van der Waals surface area contributed by atoms with E-state index in [1.807, 2.05) is 0 Å². The highest BCUT2D eigenvalue weighted by molar-refractivity contribution is 6.30. The van der Waals surface area contributed by atoms with E-state index in [1.165, 1.54) is 18.3 Å². The first kappa shape index (κ1) is 22.2. The van der Waals surface area contributed by atoms with Crippen molar-refractivity contribution >= 4 is 28.9 Å². The molecule has 0 saturated heterocycles. The first-order valence-electron chi connectivity index (χ1n) is 10.4. The molecule has 1 aromatic carbocycles. The number of nitrogens with one attached hydrogen (secondary N) is 2. The van der Waals surface area contributed by atoms with Crippen LogP contribution < -0.4 is 10.6 Å². The standard InChI is InChI=1S/C24H24ClFN4O2/c1-14(31)11-29-23(32)17-12-27-8-5-20(17)30-22-10-21(16-9-15(25)3-4-19(16)26)28-13-18(22)24(2)6-7-24/h3-5,8-10,12-14,31H,6-7,11H2,1-2H3,(H,29,32)(H,27,28,30). The van der Waals surface area contributed by atoms with Crippen molar-refractivity contribution in [1.29, 1.82) is 0 Å². The maximum Gasteiger partial charge on any atom is 0.255 e. The van der Waals surface area contributed by atoms with Crippen LogP contribution in [0.4, 0.5) is 15.8 Å². The van der Waals surface area contributed by atoms with Gasteiger partial charge >= 0.3 is 0 Å². The van der Waals surface area contributed by atoms with Gasteiger partial charge in [0, 0.05) is 41.4 Å². The third kappa shape index (κ3) is 4.74. The minimum atomic E-state index is -0.663. The van der Waals surface area contributed by atoms with Crippen molar-refractivity contribution in [1.82, 2.24) is 15.3 Å². The van der Waals surface area contributed by atoms with Crippen molar-refractivity contribution in [3.63, 3.8) is 0 Å². The summed E-state index contributed by atoms with van der Waals surface area (Å²) < 4.78 is 14.5.